The first-order valence-corrected chi connectivity index (χ1v) is 5.13. The van der Waals surface area contributed by atoms with Crippen LogP contribution in [0.25, 0.3) is 0 Å². The van der Waals surface area contributed by atoms with E-state index in [1.165, 1.54) is 18.2 Å². The monoisotopic (exact) mass is 232 g/mol. The van der Waals surface area contributed by atoms with Gasteiger partial charge in [0.15, 0.2) is 0 Å². The third kappa shape index (κ3) is 3.78. The van der Waals surface area contributed by atoms with Crippen molar-refractivity contribution in [2.24, 2.45) is 0 Å². The van der Waals surface area contributed by atoms with E-state index in [-0.39, 0.29) is 12.7 Å². The molecule has 4 heteroatoms. The number of benzene rings is 1. The van der Waals surface area contributed by atoms with Gasteiger partial charge in [-0.25, -0.2) is 4.39 Å². The molecule has 1 N–H and O–H groups in total. The van der Waals surface area contributed by atoms with Crippen molar-refractivity contribution < 1.29 is 14.2 Å². The topological polar surface area (TPSA) is 29.5 Å². The molecule has 0 aliphatic heterocycles. The maximum absolute atomic E-state index is 12.9. The summed E-state index contributed by atoms with van der Waals surface area (Å²) >= 11 is 5.82. The molecule has 1 rings (SSSR count). The molecule has 0 fully saturated rings. The van der Waals surface area contributed by atoms with Gasteiger partial charge in [-0.3, -0.25) is 0 Å². The normalized spacial score (nSPS) is 13.2. The number of hydrogen-bond acceptors (Lipinski definition) is 2. The molecule has 0 spiro atoms. The standard InChI is InChI=1S/C11H14ClFO2/c1-7(2)15-6-11(14)9-5-8(13)3-4-10(9)12/h3-5,7,11,14H,6H2,1-2H3. The van der Waals surface area contributed by atoms with Crippen LogP contribution in [0.1, 0.15) is 25.5 Å². The fourth-order valence-corrected chi connectivity index (χ4v) is 1.39. The van der Waals surface area contributed by atoms with Crippen molar-refractivity contribution in [1.82, 2.24) is 0 Å². The lowest BCUT2D eigenvalue weighted by molar-refractivity contribution is 0.00487. The minimum Gasteiger partial charge on any atom is -0.386 e. The Morgan fingerprint density at radius 2 is 2.13 bits per heavy atom. The van der Waals surface area contributed by atoms with Gasteiger partial charge in [0.05, 0.1) is 12.7 Å². The molecule has 1 unspecified atom stereocenters. The van der Waals surface area contributed by atoms with E-state index in [2.05, 4.69) is 0 Å². The van der Waals surface area contributed by atoms with E-state index in [0.717, 1.165) is 0 Å². The summed E-state index contributed by atoms with van der Waals surface area (Å²) in [6.07, 6.45) is -0.873. The summed E-state index contributed by atoms with van der Waals surface area (Å²) < 4.78 is 18.1. The van der Waals surface area contributed by atoms with Crippen LogP contribution in [0.4, 0.5) is 4.39 Å². The molecule has 0 amide bonds. The average molecular weight is 233 g/mol. The highest BCUT2D eigenvalue weighted by molar-refractivity contribution is 6.31. The van der Waals surface area contributed by atoms with Gasteiger partial charge in [-0.15, -0.1) is 0 Å². The van der Waals surface area contributed by atoms with E-state index in [0.29, 0.717) is 10.6 Å². The molecule has 0 saturated heterocycles. The van der Waals surface area contributed by atoms with Gasteiger partial charge in [-0.05, 0) is 32.0 Å². The van der Waals surface area contributed by atoms with Crippen molar-refractivity contribution >= 4 is 11.6 Å². The molecule has 1 atom stereocenters. The number of aliphatic hydroxyl groups excluding tert-OH is 1. The van der Waals surface area contributed by atoms with Crippen LogP contribution in [0, 0.1) is 5.82 Å². The second-order valence-electron chi connectivity index (χ2n) is 3.56. The Bertz CT molecular complexity index is 328. The molecule has 84 valence electrons. The maximum atomic E-state index is 12.9. The number of hydrogen-bond donors (Lipinski definition) is 1. The minimum atomic E-state index is -0.893. The summed E-state index contributed by atoms with van der Waals surface area (Å²) in [5, 5.41) is 10.0. The Morgan fingerprint density at radius 3 is 2.73 bits per heavy atom. The van der Waals surface area contributed by atoms with Crippen molar-refractivity contribution in [1.29, 1.82) is 0 Å². The first kappa shape index (κ1) is 12.4. The SMILES string of the molecule is CC(C)OCC(O)c1cc(F)ccc1Cl. The van der Waals surface area contributed by atoms with Crippen molar-refractivity contribution in [2.45, 2.75) is 26.1 Å². The van der Waals surface area contributed by atoms with Crippen molar-refractivity contribution in [3.8, 4) is 0 Å². The molecular weight excluding hydrogens is 219 g/mol. The number of aliphatic hydroxyl groups is 1. The molecule has 0 heterocycles. The number of rotatable bonds is 4. The summed E-state index contributed by atoms with van der Waals surface area (Å²) in [5.41, 5.74) is 0.359. The third-order valence-corrected chi connectivity index (χ3v) is 2.25. The average Bonchev–Trinajstić information content (AvgIpc) is 2.18. The zero-order valence-corrected chi connectivity index (χ0v) is 9.46. The Hall–Kier alpha value is -0.640. The second-order valence-corrected chi connectivity index (χ2v) is 3.97. The quantitative estimate of drug-likeness (QED) is 0.865. The zero-order valence-electron chi connectivity index (χ0n) is 8.71. The molecule has 15 heavy (non-hydrogen) atoms. The fourth-order valence-electron chi connectivity index (χ4n) is 1.14. The molecule has 1 aromatic rings. The Labute approximate surface area is 93.6 Å². The fraction of sp³-hybridized carbons (Fsp3) is 0.455. The van der Waals surface area contributed by atoms with Gasteiger partial charge in [-0.2, -0.15) is 0 Å². The van der Waals surface area contributed by atoms with E-state index >= 15 is 0 Å². The number of ether oxygens (including phenoxy) is 1. The van der Waals surface area contributed by atoms with Crippen LogP contribution in [0.15, 0.2) is 18.2 Å². The molecule has 0 aliphatic rings. The van der Waals surface area contributed by atoms with E-state index in [1.54, 1.807) is 0 Å². The summed E-state index contributed by atoms with van der Waals surface area (Å²) in [7, 11) is 0. The number of halogens is 2. The van der Waals surface area contributed by atoms with Crippen molar-refractivity contribution in [3.05, 3.63) is 34.6 Å². The highest BCUT2D eigenvalue weighted by atomic mass is 35.5. The first-order valence-electron chi connectivity index (χ1n) is 4.75. The smallest absolute Gasteiger partial charge is 0.123 e. The van der Waals surface area contributed by atoms with Gasteiger partial charge in [0.1, 0.15) is 11.9 Å². The highest BCUT2D eigenvalue weighted by Crippen LogP contribution is 2.24. The van der Waals surface area contributed by atoms with Crippen LogP contribution in [-0.4, -0.2) is 17.8 Å². The molecule has 0 bridgehead atoms. The van der Waals surface area contributed by atoms with E-state index in [4.69, 9.17) is 16.3 Å². The highest BCUT2D eigenvalue weighted by Gasteiger charge is 2.13. The summed E-state index contributed by atoms with van der Waals surface area (Å²) in [4.78, 5) is 0. The molecule has 0 aliphatic carbocycles. The van der Waals surface area contributed by atoms with Gasteiger partial charge in [0.25, 0.3) is 0 Å². The third-order valence-electron chi connectivity index (χ3n) is 1.90. The molecule has 1 aromatic carbocycles. The largest absolute Gasteiger partial charge is 0.386 e. The van der Waals surface area contributed by atoms with Gasteiger partial charge in [0, 0.05) is 10.6 Å². The Morgan fingerprint density at radius 1 is 1.47 bits per heavy atom. The first-order chi connectivity index (χ1) is 7.00. The van der Waals surface area contributed by atoms with Crippen molar-refractivity contribution in [2.75, 3.05) is 6.61 Å². The summed E-state index contributed by atoms with van der Waals surface area (Å²) in [6, 6.07) is 3.89. The van der Waals surface area contributed by atoms with Crippen LogP contribution in [0.2, 0.25) is 5.02 Å². The molecular formula is C11H14ClFO2. The predicted molar refractivity (Wildman–Crippen MR) is 57.5 cm³/mol. The van der Waals surface area contributed by atoms with Crippen LogP contribution in [0.3, 0.4) is 0 Å². The van der Waals surface area contributed by atoms with Crippen LogP contribution >= 0.6 is 11.6 Å². The lowest BCUT2D eigenvalue weighted by Gasteiger charge is -2.15. The molecule has 0 aromatic heterocycles. The molecule has 0 radical (unpaired) electrons. The summed E-state index contributed by atoms with van der Waals surface area (Å²) in [5.74, 6) is -0.419. The zero-order chi connectivity index (χ0) is 11.4. The molecule has 2 nitrogen and oxygen atoms in total. The summed E-state index contributed by atoms with van der Waals surface area (Å²) in [6.45, 7) is 3.83. The Kier molecular flexibility index (Phi) is 4.51. The van der Waals surface area contributed by atoms with E-state index in [1.807, 2.05) is 13.8 Å². The van der Waals surface area contributed by atoms with Crippen LogP contribution in [0.5, 0.6) is 0 Å². The predicted octanol–water partition coefficient (Wildman–Crippen LogP) is 2.94. The van der Waals surface area contributed by atoms with Gasteiger partial charge >= 0.3 is 0 Å². The van der Waals surface area contributed by atoms with Gasteiger partial charge < -0.3 is 9.84 Å². The van der Waals surface area contributed by atoms with E-state index in [9.17, 15) is 9.50 Å². The lowest BCUT2D eigenvalue weighted by atomic mass is 10.1. The van der Waals surface area contributed by atoms with Crippen LogP contribution < -0.4 is 0 Å². The van der Waals surface area contributed by atoms with E-state index < -0.39 is 11.9 Å². The van der Waals surface area contributed by atoms with Crippen molar-refractivity contribution in [3.63, 3.8) is 0 Å². The second kappa shape index (κ2) is 5.45. The Balaban J connectivity index is 2.72. The lowest BCUT2D eigenvalue weighted by Crippen LogP contribution is -2.12. The molecule has 0 saturated carbocycles. The maximum Gasteiger partial charge on any atom is 0.123 e. The van der Waals surface area contributed by atoms with Gasteiger partial charge in [-0.1, -0.05) is 11.6 Å². The van der Waals surface area contributed by atoms with Gasteiger partial charge in [0.2, 0.25) is 0 Å². The van der Waals surface area contributed by atoms with Crippen LogP contribution in [-0.2, 0) is 4.74 Å². The minimum absolute atomic E-state index is 0.0204.